The summed E-state index contributed by atoms with van der Waals surface area (Å²) < 4.78 is 22.6. The zero-order valence-corrected chi connectivity index (χ0v) is 9.54. The second kappa shape index (κ2) is 8.28. The fourth-order valence-corrected chi connectivity index (χ4v) is 0.854. The lowest BCUT2D eigenvalue weighted by atomic mass is 10.5. The fourth-order valence-electron chi connectivity index (χ4n) is 0.542. The number of carbonyl (C=O) groups excluding carboxylic acids is 1. The Morgan fingerprint density at radius 3 is 2.77 bits per heavy atom. The van der Waals surface area contributed by atoms with E-state index in [9.17, 15) is 9.18 Å². The first-order valence-electron chi connectivity index (χ1n) is 3.93. The van der Waals surface area contributed by atoms with Crippen LogP contribution in [0, 0.1) is 0 Å². The van der Waals surface area contributed by atoms with Gasteiger partial charge >= 0.3 is 5.97 Å². The van der Waals surface area contributed by atoms with E-state index in [0.29, 0.717) is 6.08 Å². The fraction of sp³-hybridized carbons (Fsp3) is 0.625. The number of hydrogen-bond donors (Lipinski definition) is 0. The highest BCUT2D eigenvalue weighted by Crippen LogP contribution is 2.01. The molecule has 0 radical (unpaired) electrons. The summed E-state index contributed by atoms with van der Waals surface area (Å²) in [6.45, 7) is 2.17. The van der Waals surface area contributed by atoms with E-state index in [1.807, 2.05) is 0 Å². The predicted octanol–water partition coefficient (Wildman–Crippen LogP) is 2.20. The van der Waals surface area contributed by atoms with Gasteiger partial charge < -0.3 is 9.47 Å². The van der Waals surface area contributed by atoms with Crippen LogP contribution >= 0.6 is 22.6 Å². The maximum Gasteiger partial charge on any atom is 0.337 e. The van der Waals surface area contributed by atoms with Gasteiger partial charge in [0.2, 0.25) is 0 Å². The summed E-state index contributed by atoms with van der Waals surface area (Å²) >= 11 is 2.16. The monoisotopic (exact) mass is 302 g/mol. The summed E-state index contributed by atoms with van der Waals surface area (Å²) in [5, 5.41) is 0. The number of alkyl halides is 1. The molecule has 0 saturated heterocycles. The molecule has 5 heteroatoms. The molecule has 76 valence electrons. The smallest absolute Gasteiger partial charge is 0.337 e. The van der Waals surface area contributed by atoms with Crippen LogP contribution in [0.25, 0.3) is 0 Å². The first-order chi connectivity index (χ1) is 6.20. The highest BCUT2D eigenvalue weighted by molar-refractivity contribution is 14.1. The Kier molecular flexibility index (Phi) is 8.07. The third-order valence-electron chi connectivity index (χ3n) is 1.04. The van der Waals surface area contributed by atoms with Crippen molar-refractivity contribution in [2.24, 2.45) is 0 Å². The van der Waals surface area contributed by atoms with Crippen LogP contribution in [-0.2, 0) is 14.3 Å². The van der Waals surface area contributed by atoms with Crippen molar-refractivity contribution in [3.8, 4) is 0 Å². The van der Waals surface area contributed by atoms with Gasteiger partial charge in [0.15, 0.2) is 0 Å². The van der Waals surface area contributed by atoms with Crippen LogP contribution < -0.4 is 0 Å². The number of rotatable bonds is 6. The Bertz CT molecular complexity index is 182. The summed E-state index contributed by atoms with van der Waals surface area (Å²) in [5.74, 6) is -0.713. The van der Waals surface area contributed by atoms with Crippen LogP contribution in [0.3, 0.4) is 0 Å². The number of hydrogen-bond acceptors (Lipinski definition) is 3. The van der Waals surface area contributed by atoms with Gasteiger partial charge in [-0.25, -0.2) is 4.79 Å². The molecule has 0 saturated carbocycles. The second-order valence-electron chi connectivity index (χ2n) is 2.09. The minimum atomic E-state index is -0.886. The average Bonchev–Trinajstić information content (AvgIpc) is 2.05. The molecule has 0 N–H and O–H groups in total. The Morgan fingerprint density at radius 1 is 1.54 bits per heavy atom. The van der Waals surface area contributed by atoms with Crippen LogP contribution in [-0.4, -0.2) is 23.6 Å². The number of halogens is 2. The molecule has 0 bridgehead atoms. The maximum absolute atomic E-state index is 12.6. The van der Waals surface area contributed by atoms with Gasteiger partial charge in [-0.15, -0.1) is 0 Å². The normalized spacial score (nSPS) is 11.2. The number of carbonyl (C=O) groups is 1. The SMILES string of the molecule is CCOC(=O)C=C(F)OCCCI. The molecule has 0 aliphatic heterocycles. The molecule has 0 heterocycles. The van der Waals surface area contributed by atoms with E-state index in [2.05, 4.69) is 32.1 Å². The molecule has 0 fully saturated rings. The lowest BCUT2D eigenvalue weighted by Crippen LogP contribution is -2.01. The van der Waals surface area contributed by atoms with Gasteiger partial charge in [0.05, 0.1) is 19.3 Å². The molecule has 0 aromatic heterocycles. The summed E-state index contributed by atoms with van der Waals surface area (Å²) in [7, 11) is 0. The lowest BCUT2D eigenvalue weighted by molar-refractivity contribution is -0.137. The van der Waals surface area contributed by atoms with Gasteiger partial charge in [-0.3, -0.25) is 0 Å². The molecule has 13 heavy (non-hydrogen) atoms. The summed E-state index contributed by atoms with van der Waals surface area (Å²) in [5.41, 5.74) is 0. The van der Waals surface area contributed by atoms with Crippen molar-refractivity contribution >= 4 is 28.6 Å². The summed E-state index contributed by atoms with van der Waals surface area (Å²) in [6.07, 6.45) is 1.46. The molecule has 0 aromatic rings. The molecule has 0 aromatic carbocycles. The Balaban J connectivity index is 3.67. The van der Waals surface area contributed by atoms with E-state index in [1.54, 1.807) is 6.92 Å². The number of ether oxygens (including phenoxy) is 2. The van der Waals surface area contributed by atoms with Gasteiger partial charge in [-0.05, 0) is 13.3 Å². The van der Waals surface area contributed by atoms with Crippen LogP contribution in [0.2, 0.25) is 0 Å². The average molecular weight is 302 g/mol. The van der Waals surface area contributed by atoms with Crippen molar-refractivity contribution in [3.63, 3.8) is 0 Å². The first-order valence-corrected chi connectivity index (χ1v) is 5.46. The first kappa shape index (κ1) is 12.7. The molecule has 0 rings (SSSR count). The van der Waals surface area contributed by atoms with Crippen LogP contribution in [0.1, 0.15) is 13.3 Å². The van der Waals surface area contributed by atoms with Crippen molar-refractivity contribution in [3.05, 3.63) is 12.1 Å². The van der Waals surface area contributed by atoms with E-state index in [-0.39, 0.29) is 13.2 Å². The highest BCUT2D eigenvalue weighted by atomic mass is 127. The quantitative estimate of drug-likeness (QED) is 0.188. The Morgan fingerprint density at radius 2 is 2.23 bits per heavy atom. The van der Waals surface area contributed by atoms with Crippen molar-refractivity contribution in [2.45, 2.75) is 13.3 Å². The molecule has 0 atom stereocenters. The van der Waals surface area contributed by atoms with Gasteiger partial charge in [-0.2, -0.15) is 4.39 Å². The van der Waals surface area contributed by atoms with Gasteiger partial charge in [0.1, 0.15) is 0 Å². The molecule has 0 spiro atoms. The number of esters is 1. The minimum Gasteiger partial charge on any atom is -0.471 e. The van der Waals surface area contributed by atoms with E-state index < -0.39 is 12.0 Å². The van der Waals surface area contributed by atoms with Crippen LogP contribution in [0.4, 0.5) is 4.39 Å². The molecular formula is C8H12FIO3. The molecule has 0 aliphatic carbocycles. The second-order valence-corrected chi connectivity index (χ2v) is 3.17. The summed E-state index contributed by atoms with van der Waals surface area (Å²) in [6, 6.07) is -0.886. The predicted molar refractivity (Wildman–Crippen MR) is 55.3 cm³/mol. The van der Waals surface area contributed by atoms with E-state index in [0.717, 1.165) is 10.8 Å². The largest absolute Gasteiger partial charge is 0.471 e. The Hall–Kier alpha value is -0.330. The van der Waals surface area contributed by atoms with Gasteiger partial charge in [0.25, 0.3) is 6.01 Å². The third-order valence-corrected chi connectivity index (χ3v) is 1.80. The van der Waals surface area contributed by atoms with Crippen LogP contribution in [0.15, 0.2) is 12.1 Å². The van der Waals surface area contributed by atoms with Crippen molar-refractivity contribution in [1.29, 1.82) is 0 Å². The molecule has 0 aliphatic rings. The summed E-state index contributed by atoms with van der Waals surface area (Å²) in [4.78, 5) is 10.7. The van der Waals surface area contributed by atoms with E-state index in [4.69, 9.17) is 0 Å². The zero-order chi connectivity index (χ0) is 10.1. The van der Waals surface area contributed by atoms with E-state index in [1.165, 1.54) is 0 Å². The van der Waals surface area contributed by atoms with Crippen molar-refractivity contribution < 1.29 is 18.7 Å². The van der Waals surface area contributed by atoms with Crippen molar-refractivity contribution in [1.82, 2.24) is 0 Å². The van der Waals surface area contributed by atoms with Crippen LogP contribution in [0.5, 0.6) is 0 Å². The Labute approximate surface area is 90.4 Å². The minimum absolute atomic E-state index is 0.233. The lowest BCUT2D eigenvalue weighted by Gasteiger charge is -2.00. The molecule has 0 amide bonds. The third kappa shape index (κ3) is 8.01. The highest BCUT2D eigenvalue weighted by Gasteiger charge is 2.01. The molecule has 0 unspecified atom stereocenters. The standard InChI is InChI=1S/C8H12FIO3/c1-2-12-8(11)6-7(9)13-5-3-4-10/h6H,2-5H2,1H3. The van der Waals surface area contributed by atoms with Gasteiger partial charge in [-0.1, -0.05) is 22.6 Å². The van der Waals surface area contributed by atoms with Crippen molar-refractivity contribution in [2.75, 3.05) is 17.6 Å². The molecular weight excluding hydrogens is 290 g/mol. The topological polar surface area (TPSA) is 35.5 Å². The van der Waals surface area contributed by atoms with E-state index >= 15 is 0 Å². The molecule has 3 nitrogen and oxygen atoms in total. The maximum atomic E-state index is 12.6. The zero-order valence-electron chi connectivity index (χ0n) is 7.39. The van der Waals surface area contributed by atoms with Gasteiger partial charge in [0, 0.05) is 4.43 Å².